The summed E-state index contributed by atoms with van der Waals surface area (Å²) < 4.78 is 43.0. The molecule has 0 aliphatic rings. The Bertz CT molecular complexity index is 704. The fourth-order valence-corrected chi connectivity index (χ4v) is 1.92. The Kier molecular flexibility index (Phi) is 4.09. The highest BCUT2D eigenvalue weighted by molar-refractivity contribution is 6.33. The predicted octanol–water partition coefficient (Wildman–Crippen LogP) is 4.12. The van der Waals surface area contributed by atoms with Crippen molar-refractivity contribution in [3.05, 3.63) is 52.8 Å². The van der Waals surface area contributed by atoms with Gasteiger partial charge in [-0.2, -0.15) is 13.2 Å². The summed E-state index contributed by atoms with van der Waals surface area (Å²) in [6.45, 7) is 0. The van der Waals surface area contributed by atoms with E-state index >= 15 is 0 Å². The molecule has 110 valence electrons. The zero-order chi connectivity index (χ0) is 15.6. The second-order valence-corrected chi connectivity index (χ2v) is 4.54. The third-order valence-electron chi connectivity index (χ3n) is 2.60. The first-order valence-corrected chi connectivity index (χ1v) is 6.09. The maximum Gasteiger partial charge on any atom is 0.416 e. The van der Waals surface area contributed by atoms with Crippen molar-refractivity contribution in [3.8, 4) is 11.3 Å². The number of nitrogens with two attached hydrogens (primary N) is 1. The van der Waals surface area contributed by atoms with Crippen LogP contribution < -0.4 is 5.73 Å². The number of amides is 1. The zero-order valence-corrected chi connectivity index (χ0v) is 11.2. The molecule has 0 bridgehead atoms. The molecule has 0 aliphatic heterocycles. The highest BCUT2D eigenvalue weighted by Crippen LogP contribution is 2.36. The molecule has 0 saturated heterocycles. The number of rotatable bonds is 3. The van der Waals surface area contributed by atoms with Gasteiger partial charge in [-0.05, 0) is 36.4 Å². The second kappa shape index (κ2) is 5.65. The average Bonchev–Trinajstić information content (AvgIpc) is 2.83. The molecule has 3 nitrogen and oxygen atoms in total. The maximum atomic E-state index is 12.5. The SMILES string of the molecule is NC(=O)/C=C/c1ccc(-c2ccc(C(F)(F)F)cc2Cl)o1. The summed E-state index contributed by atoms with van der Waals surface area (Å²) >= 11 is 5.85. The van der Waals surface area contributed by atoms with E-state index < -0.39 is 17.6 Å². The van der Waals surface area contributed by atoms with Crippen molar-refractivity contribution in [1.82, 2.24) is 0 Å². The van der Waals surface area contributed by atoms with E-state index in [1.54, 1.807) is 6.07 Å². The van der Waals surface area contributed by atoms with Crippen LogP contribution in [-0.4, -0.2) is 5.91 Å². The quantitative estimate of drug-likeness (QED) is 0.866. The van der Waals surface area contributed by atoms with Crippen molar-refractivity contribution in [2.24, 2.45) is 5.73 Å². The molecule has 1 aromatic heterocycles. The van der Waals surface area contributed by atoms with E-state index in [1.165, 1.54) is 18.2 Å². The highest BCUT2D eigenvalue weighted by atomic mass is 35.5. The number of carbonyl (C=O) groups is 1. The van der Waals surface area contributed by atoms with Gasteiger partial charge in [0.05, 0.1) is 10.6 Å². The Hall–Kier alpha value is -2.21. The molecule has 0 radical (unpaired) electrons. The fraction of sp³-hybridized carbons (Fsp3) is 0.0714. The summed E-state index contributed by atoms with van der Waals surface area (Å²) in [6, 6.07) is 6.06. The topological polar surface area (TPSA) is 56.2 Å². The predicted molar refractivity (Wildman–Crippen MR) is 72.4 cm³/mol. The Morgan fingerprint density at radius 3 is 2.52 bits per heavy atom. The summed E-state index contributed by atoms with van der Waals surface area (Å²) in [7, 11) is 0. The third kappa shape index (κ3) is 3.66. The minimum absolute atomic E-state index is 0.0791. The largest absolute Gasteiger partial charge is 0.457 e. The average molecular weight is 316 g/mol. The Labute approximate surface area is 122 Å². The number of carbonyl (C=O) groups excluding carboxylic acids is 1. The van der Waals surface area contributed by atoms with E-state index in [-0.39, 0.29) is 10.8 Å². The first kappa shape index (κ1) is 15.2. The first-order valence-electron chi connectivity index (χ1n) is 5.72. The van der Waals surface area contributed by atoms with E-state index in [9.17, 15) is 18.0 Å². The van der Waals surface area contributed by atoms with Crippen molar-refractivity contribution >= 4 is 23.6 Å². The molecule has 0 unspecified atom stereocenters. The van der Waals surface area contributed by atoms with Crippen molar-refractivity contribution < 1.29 is 22.4 Å². The lowest BCUT2D eigenvalue weighted by Gasteiger charge is -2.08. The number of hydrogen-bond donors (Lipinski definition) is 1. The normalized spacial score (nSPS) is 12.0. The van der Waals surface area contributed by atoms with E-state index in [2.05, 4.69) is 0 Å². The Morgan fingerprint density at radius 1 is 1.24 bits per heavy atom. The van der Waals surface area contributed by atoms with Gasteiger partial charge in [-0.15, -0.1) is 0 Å². The van der Waals surface area contributed by atoms with Gasteiger partial charge >= 0.3 is 6.18 Å². The lowest BCUT2D eigenvalue weighted by molar-refractivity contribution is -0.137. The minimum Gasteiger partial charge on any atom is -0.457 e. The summed E-state index contributed by atoms with van der Waals surface area (Å²) in [4.78, 5) is 10.6. The number of furan rings is 1. The van der Waals surface area contributed by atoms with E-state index in [0.717, 1.165) is 18.2 Å². The van der Waals surface area contributed by atoms with Gasteiger partial charge < -0.3 is 10.2 Å². The highest BCUT2D eigenvalue weighted by Gasteiger charge is 2.31. The number of primary amides is 1. The fourth-order valence-electron chi connectivity index (χ4n) is 1.64. The van der Waals surface area contributed by atoms with Gasteiger partial charge in [0.15, 0.2) is 0 Å². The van der Waals surface area contributed by atoms with Crippen LogP contribution >= 0.6 is 11.6 Å². The van der Waals surface area contributed by atoms with Crippen molar-refractivity contribution in [2.75, 3.05) is 0 Å². The van der Waals surface area contributed by atoms with E-state index in [4.69, 9.17) is 21.8 Å². The Morgan fingerprint density at radius 2 is 1.95 bits per heavy atom. The van der Waals surface area contributed by atoms with Gasteiger partial charge in [-0.3, -0.25) is 4.79 Å². The second-order valence-electron chi connectivity index (χ2n) is 4.13. The molecule has 1 heterocycles. The summed E-state index contributed by atoms with van der Waals surface area (Å²) in [5.74, 6) is -0.0156. The molecule has 2 aromatic rings. The van der Waals surface area contributed by atoms with Gasteiger partial charge in [-0.1, -0.05) is 11.6 Å². The molecule has 0 fully saturated rings. The van der Waals surface area contributed by atoms with Crippen LogP contribution in [0.2, 0.25) is 5.02 Å². The lowest BCUT2D eigenvalue weighted by Crippen LogP contribution is -2.04. The molecule has 1 amide bonds. The van der Waals surface area contributed by atoms with Gasteiger partial charge in [0.25, 0.3) is 0 Å². The van der Waals surface area contributed by atoms with Gasteiger partial charge in [0.1, 0.15) is 11.5 Å². The number of halogens is 4. The lowest BCUT2D eigenvalue weighted by atomic mass is 10.1. The van der Waals surface area contributed by atoms with Crippen LogP contribution in [0.4, 0.5) is 13.2 Å². The van der Waals surface area contributed by atoms with Crippen molar-refractivity contribution in [2.45, 2.75) is 6.18 Å². The molecule has 0 spiro atoms. The molecule has 21 heavy (non-hydrogen) atoms. The van der Waals surface area contributed by atoms with Crippen LogP contribution in [0.1, 0.15) is 11.3 Å². The van der Waals surface area contributed by atoms with Crippen molar-refractivity contribution in [1.29, 1.82) is 0 Å². The maximum absolute atomic E-state index is 12.5. The molecule has 7 heteroatoms. The molecular formula is C14H9ClF3NO2. The first-order chi connectivity index (χ1) is 9.77. The number of alkyl halides is 3. The zero-order valence-electron chi connectivity index (χ0n) is 10.4. The molecular weight excluding hydrogens is 307 g/mol. The van der Waals surface area contributed by atoms with Crippen LogP contribution in [0, 0.1) is 0 Å². The Balaban J connectivity index is 2.33. The molecule has 0 atom stereocenters. The molecule has 2 rings (SSSR count). The summed E-state index contributed by atoms with van der Waals surface area (Å²) in [5.41, 5.74) is 4.43. The molecule has 2 N–H and O–H groups in total. The molecule has 0 saturated carbocycles. The third-order valence-corrected chi connectivity index (χ3v) is 2.91. The van der Waals surface area contributed by atoms with Gasteiger partial charge in [0.2, 0.25) is 5.91 Å². The molecule has 1 aromatic carbocycles. The minimum atomic E-state index is -4.46. The van der Waals surface area contributed by atoms with Crippen LogP contribution in [0.5, 0.6) is 0 Å². The number of hydrogen-bond acceptors (Lipinski definition) is 2. The van der Waals surface area contributed by atoms with Crippen LogP contribution in [0.15, 0.2) is 40.8 Å². The standard InChI is InChI=1S/C14H9ClF3NO2/c15-11-7-8(14(16,17)18)1-4-10(11)12-5-2-9(21-12)3-6-13(19)20/h1-7H,(H2,19,20)/b6-3+. The van der Waals surface area contributed by atoms with Gasteiger partial charge in [0, 0.05) is 11.6 Å². The smallest absolute Gasteiger partial charge is 0.416 e. The monoisotopic (exact) mass is 315 g/mol. The van der Waals surface area contributed by atoms with E-state index in [1.807, 2.05) is 0 Å². The summed E-state index contributed by atoms with van der Waals surface area (Å²) in [6.07, 6.45) is -2.00. The van der Waals surface area contributed by atoms with E-state index in [0.29, 0.717) is 11.3 Å². The van der Waals surface area contributed by atoms with Crippen molar-refractivity contribution in [3.63, 3.8) is 0 Å². The van der Waals surface area contributed by atoms with Gasteiger partial charge in [-0.25, -0.2) is 0 Å². The molecule has 0 aliphatic carbocycles. The van der Waals surface area contributed by atoms with Crippen LogP contribution in [0.25, 0.3) is 17.4 Å². The van der Waals surface area contributed by atoms with Crippen LogP contribution in [0.3, 0.4) is 0 Å². The number of benzene rings is 1. The summed E-state index contributed by atoms with van der Waals surface area (Å²) in [5, 5.41) is -0.0791. The van der Waals surface area contributed by atoms with Crippen LogP contribution in [-0.2, 0) is 11.0 Å².